The lowest BCUT2D eigenvalue weighted by Crippen LogP contribution is -2.50. The molecule has 3 rings (SSSR count). The molecule has 0 spiro atoms. The summed E-state index contributed by atoms with van der Waals surface area (Å²) in [6.07, 6.45) is 0.911. The van der Waals surface area contributed by atoms with Crippen LogP contribution < -0.4 is 10.6 Å². The molecular weight excluding hydrogens is 519 g/mol. The molecule has 8 nitrogen and oxygen atoms in total. The van der Waals surface area contributed by atoms with Crippen LogP contribution in [-0.2, 0) is 25.5 Å². The number of ether oxygens (including phenoxy) is 1. The minimum absolute atomic E-state index is 0.145. The average Bonchev–Trinajstić information content (AvgIpc) is 3.08. The highest BCUT2D eigenvalue weighted by Gasteiger charge is 2.58. The summed E-state index contributed by atoms with van der Waals surface area (Å²) < 4.78 is 4.90. The van der Waals surface area contributed by atoms with Gasteiger partial charge in [-0.2, -0.15) is 0 Å². The monoisotopic (exact) mass is 548 g/mol. The number of aliphatic carboxylic acids is 1. The number of halogens is 2. The predicted molar refractivity (Wildman–Crippen MR) is 141 cm³/mol. The molecule has 0 radical (unpaired) electrons. The molecule has 0 unspecified atom stereocenters. The van der Waals surface area contributed by atoms with Crippen LogP contribution in [0.3, 0.4) is 0 Å². The molecule has 0 aliphatic heterocycles. The van der Waals surface area contributed by atoms with Crippen molar-refractivity contribution in [3.63, 3.8) is 0 Å². The van der Waals surface area contributed by atoms with Gasteiger partial charge < -0.3 is 20.5 Å². The molecule has 0 heterocycles. The summed E-state index contributed by atoms with van der Waals surface area (Å²) >= 11 is 12.2. The predicted octanol–water partition coefficient (Wildman–Crippen LogP) is 4.97. The number of hydrogen-bond acceptors (Lipinski definition) is 5. The number of carbonyl (C=O) groups excluding carboxylic acids is 3. The zero-order valence-electron chi connectivity index (χ0n) is 21.1. The molecule has 1 fully saturated rings. The van der Waals surface area contributed by atoms with Gasteiger partial charge in [0.25, 0.3) is 5.91 Å². The van der Waals surface area contributed by atoms with Crippen molar-refractivity contribution < 1.29 is 29.0 Å². The van der Waals surface area contributed by atoms with Gasteiger partial charge >= 0.3 is 11.9 Å². The maximum absolute atomic E-state index is 13.2. The standard InChI is InChI=1S/C27H30Cl2N2O6/c1-26(2)17(12-13-27(26,3)25(35)36)22(32)31-20(24(34)37-4)14-15-8-10-16(11-9-15)30-23(33)21-18(28)6-5-7-19(21)29/h5-11,17,20H,12-14H2,1-4H3,(H,30,33)(H,31,32)(H,35,36)/t17-,20-,27+/m1/s1. The van der Waals surface area contributed by atoms with Crippen LogP contribution in [-0.4, -0.2) is 42.0 Å². The van der Waals surface area contributed by atoms with E-state index >= 15 is 0 Å². The molecule has 0 aromatic heterocycles. The van der Waals surface area contributed by atoms with E-state index in [4.69, 9.17) is 27.9 Å². The van der Waals surface area contributed by atoms with E-state index in [0.717, 1.165) is 0 Å². The summed E-state index contributed by atoms with van der Waals surface area (Å²) in [6.45, 7) is 5.20. The fourth-order valence-electron chi connectivity index (χ4n) is 4.82. The smallest absolute Gasteiger partial charge is 0.328 e. The molecule has 1 saturated carbocycles. The van der Waals surface area contributed by atoms with E-state index < -0.39 is 40.6 Å². The Kier molecular flexibility index (Phi) is 8.55. The molecule has 37 heavy (non-hydrogen) atoms. The largest absolute Gasteiger partial charge is 0.481 e. The van der Waals surface area contributed by atoms with E-state index in [2.05, 4.69) is 10.6 Å². The highest BCUT2D eigenvalue weighted by atomic mass is 35.5. The van der Waals surface area contributed by atoms with Gasteiger partial charge in [-0.1, -0.05) is 55.2 Å². The van der Waals surface area contributed by atoms with Crippen molar-refractivity contribution in [3.8, 4) is 0 Å². The van der Waals surface area contributed by atoms with Crippen LogP contribution in [0.15, 0.2) is 42.5 Å². The van der Waals surface area contributed by atoms with Crippen LogP contribution >= 0.6 is 23.2 Å². The fourth-order valence-corrected chi connectivity index (χ4v) is 5.39. The van der Waals surface area contributed by atoms with Crippen LogP contribution in [0.2, 0.25) is 10.0 Å². The summed E-state index contributed by atoms with van der Waals surface area (Å²) in [5.41, 5.74) is -0.495. The number of carboxylic acids is 1. The molecule has 1 aliphatic rings. The lowest BCUT2D eigenvalue weighted by molar-refractivity contribution is -0.156. The van der Waals surface area contributed by atoms with E-state index in [1.165, 1.54) is 7.11 Å². The third-order valence-electron chi connectivity index (χ3n) is 7.66. The van der Waals surface area contributed by atoms with Crippen molar-refractivity contribution in [2.75, 3.05) is 12.4 Å². The normalized spacial score (nSPS) is 21.1. The molecule has 0 saturated heterocycles. The van der Waals surface area contributed by atoms with Crippen molar-refractivity contribution in [1.29, 1.82) is 0 Å². The maximum Gasteiger partial charge on any atom is 0.328 e. The third kappa shape index (κ3) is 5.75. The first kappa shape index (κ1) is 28.5. The molecule has 3 N–H and O–H groups in total. The second kappa shape index (κ2) is 11.1. The zero-order chi connectivity index (χ0) is 27.5. The highest BCUT2D eigenvalue weighted by Crippen LogP contribution is 2.56. The summed E-state index contributed by atoms with van der Waals surface area (Å²) in [5, 5.41) is 15.7. The van der Waals surface area contributed by atoms with E-state index in [-0.39, 0.29) is 27.9 Å². The molecule has 0 bridgehead atoms. The molecule has 3 atom stereocenters. The van der Waals surface area contributed by atoms with Gasteiger partial charge in [0.2, 0.25) is 5.91 Å². The second-order valence-electron chi connectivity index (χ2n) is 9.99. The number of methoxy groups -OCH3 is 1. The van der Waals surface area contributed by atoms with Crippen molar-refractivity contribution in [3.05, 3.63) is 63.6 Å². The van der Waals surface area contributed by atoms with Crippen LogP contribution in [0.4, 0.5) is 5.69 Å². The summed E-state index contributed by atoms with van der Waals surface area (Å²) in [4.78, 5) is 50.2. The van der Waals surface area contributed by atoms with E-state index in [1.54, 1.807) is 63.2 Å². The number of anilines is 1. The number of carboxylic acid groups (broad SMARTS) is 1. The van der Waals surface area contributed by atoms with E-state index in [0.29, 0.717) is 24.1 Å². The molecule has 198 valence electrons. The van der Waals surface area contributed by atoms with Gasteiger partial charge in [0.05, 0.1) is 28.1 Å². The fraction of sp³-hybridized carbons (Fsp3) is 0.407. The first-order chi connectivity index (χ1) is 17.3. The lowest BCUT2D eigenvalue weighted by Gasteiger charge is -2.38. The van der Waals surface area contributed by atoms with E-state index in [9.17, 15) is 24.3 Å². The summed E-state index contributed by atoms with van der Waals surface area (Å²) in [6, 6.07) is 10.6. The Labute approximate surface area is 225 Å². The molecule has 2 amide bonds. The van der Waals surface area contributed by atoms with Gasteiger partial charge in [-0.25, -0.2) is 4.79 Å². The number of carbonyl (C=O) groups is 4. The van der Waals surface area contributed by atoms with Gasteiger partial charge in [-0.05, 0) is 55.0 Å². The number of esters is 1. The summed E-state index contributed by atoms with van der Waals surface area (Å²) in [5.74, 6) is -2.98. The molecule has 2 aromatic rings. The number of rotatable bonds is 8. The second-order valence-corrected chi connectivity index (χ2v) is 10.8. The van der Waals surface area contributed by atoms with E-state index in [1.807, 2.05) is 0 Å². The zero-order valence-corrected chi connectivity index (χ0v) is 22.6. The van der Waals surface area contributed by atoms with Gasteiger partial charge in [0.15, 0.2) is 0 Å². The number of benzene rings is 2. The first-order valence-electron chi connectivity index (χ1n) is 11.8. The Balaban J connectivity index is 1.71. The molecule has 2 aromatic carbocycles. The molecular formula is C27H30Cl2N2O6. The number of amides is 2. The molecule has 1 aliphatic carbocycles. The minimum Gasteiger partial charge on any atom is -0.481 e. The van der Waals surface area contributed by atoms with Crippen molar-refractivity contribution in [2.24, 2.45) is 16.7 Å². The maximum atomic E-state index is 13.2. The minimum atomic E-state index is -1.05. The lowest BCUT2D eigenvalue weighted by atomic mass is 9.65. The van der Waals surface area contributed by atoms with Crippen LogP contribution in [0.25, 0.3) is 0 Å². The van der Waals surface area contributed by atoms with Crippen LogP contribution in [0, 0.1) is 16.7 Å². The van der Waals surface area contributed by atoms with Crippen molar-refractivity contribution >= 4 is 52.6 Å². The van der Waals surface area contributed by atoms with Gasteiger partial charge in [0.1, 0.15) is 6.04 Å². The Morgan fingerprint density at radius 1 is 1.05 bits per heavy atom. The van der Waals surface area contributed by atoms with Gasteiger partial charge in [-0.3, -0.25) is 14.4 Å². The quantitative estimate of drug-likeness (QED) is 0.400. The summed E-state index contributed by atoms with van der Waals surface area (Å²) in [7, 11) is 1.24. The van der Waals surface area contributed by atoms with Crippen molar-refractivity contribution in [2.45, 2.75) is 46.1 Å². The number of nitrogens with one attached hydrogen (secondary N) is 2. The van der Waals surface area contributed by atoms with Crippen LogP contribution in [0.5, 0.6) is 0 Å². The Hall–Kier alpha value is -3.10. The Morgan fingerprint density at radius 3 is 2.16 bits per heavy atom. The Morgan fingerprint density at radius 2 is 1.65 bits per heavy atom. The first-order valence-corrected chi connectivity index (χ1v) is 12.5. The van der Waals surface area contributed by atoms with Gasteiger partial charge in [0, 0.05) is 18.0 Å². The average molecular weight is 549 g/mol. The third-order valence-corrected chi connectivity index (χ3v) is 8.29. The SMILES string of the molecule is COC(=O)[C@@H](Cc1ccc(NC(=O)c2c(Cl)cccc2Cl)cc1)NC(=O)[C@H]1CC[C@@](C)(C(=O)O)C1(C)C. The number of hydrogen-bond donors (Lipinski definition) is 3. The highest BCUT2D eigenvalue weighted by molar-refractivity contribution is 6.40. The van der Waals surface area contributed by atoms with Gasteiger partial charge in [-0.15, -0.1) is 0 Å². The van der Waals surface area contributed by atoms with Crippen LogP contribution in [0.1, 0.15) is 49.5 Å². The van der Waals surface area contributed by atoms with Crippen molar-refractivity contribution in [1.82, 2.24) is 5.32 Å². The topological polar surface area (TPSA) is 122 Å². The Bertz CT molecular complexity index is 1190. The molecule has 10 heteroatoms.